The van der Waals surface area contributed by atoms with E-state index in [1.807, 2.05) is 37.3 Å². The Morgan fingerprint density at radius 1 is 0.913 bits per heavy atom. The molecule has 4 aromatic carbocycles. The highest BCUT2D eigenvalue weighted by molar-refractivity contribution is 9.10. The van der Waals surface area contributed by atoms with Crippen LogP contribution in [0.2, 0.25) is 0 Å². The third-order valence-electron chi connectivity index (χ3n) is 8.55. The predicted molar refractivity (Wildman–Crippen MR) is 188 cm³/mol. The van der Waals surface area contributed by atoms with Crippen LogP contribution in [0.25, 0.3) is 11.1 Å². The first-order valence-electron chi connectivity index (χ1n) is 15.0. The summed E-state index contributed by atoms with van der Waals surface area (Å²) in [5.74, 6) is -1.14. The molecule has 1 saturated heterocycles. The molecule has 4 aromatic rings. The lowest BCUT2D eigenvalue weighted by Crippen LogP contribution is -2.49. The van der Waals surface area contributed by atoms with Crippen LogP contribution in [0, 0.1) is 6.92 Å². The quantitative estimate of drug-likeness (QED) is 0.0871. The van der Waals surface area contributed by atoms with Crippen LogP contribution in [0.15, 0.2) is 83.3 Å². The molecule has 1 heterocycles. The topological polar surface area (TPSA) is 105 Å². The van der Waals surface area contributed by atoms with Crippen LogP contribution < -0.4 is 20.1 Å². The number of Topliss-reactive ketones (excluding diaryl/α,β-unsaturated/α-hetero) is 1. The van der Waals surface area contributed by atoms with Gasteiger partial charge < -0.3 is 9.84 Å². The van der Waals surface area contributed by atoms with Crippen LogP contribution in [0.1, 0.15) is 58.0 Å². The molecule has 0 atom stereocenters. The van der Waals surface area contributed by atoms with E-state index in [1.54, 1.807) is 13.0 Å². The molecule has 0 aliphatic carbocycles. The van der Waals surface area contributed by atoms with E-state index in [0.29, 0.717) is 20.1 Å². The number of piperidine rings is 1. The van der Waals surface area contributed by atoms with Gasteiger partial charge in [0.15, 0.2) is 11.5 Å². The van der Waals surface area contributed by atoms with Crippen molar-refractivity contribution in [3.05, 3.63) is 106 Å². The number of hydrogen-bond donors (Lipinski definition) is 3. The number of quaternary nitrogens is 1. The van der Waals surface area contributed by atoms with Gasteiger partial charge in [0.1, 0.15) is 22.7 Å². The number of carboxylic acid groups (broad SMARTS) is 1. The molecule has 1 aliphatic heterocycles. The van der Waals surface area contributed by atoms with Gasteiger partial charge in [-0.05, 0) is 79.6 Å². The maximum absolute atomic E-state index is 13.2. The van der Waals surface area contributed by atoms with E-state index in [9.17, 15) is 19.5 Å². The van der Waals surface area contributed by atoms with Crippen LogP contribution in [0.5, 0.6) is 5.75 Å². The summed E-state index contributed by atoms with van der Waals surface area (Å²) in [4.78, 5) is 36.4. The standard InChI is InChI=1S/C36H36BrN3O5.ClH/c1-23-8-7-9-32(35(23)39-38-34(42)21-28-20-33(45-3)30(36(43)44)22-31(28)37)40(18-5-4-6-19-40)29-16-14-27(15-17-29)26-12-10-25(11-13-26)24(2)41;/h7-17,20,22,39H,4-6,18-19,21H2,1-3H3,(H-,38,42,43,44);1H/p+1. The fraction of sp³-hybridized carbons (Fsp3) is 0.250. The Labute approximate surface area is 283 Å². The molecule has 5 rings (SSSR count). The van der Waals surface area contributed by atoms with Gasteiger partial charge in [0.2, 0.25) is 5.91 Å². The largest absolute Gasteiger partial charge is 0.496 e. The number of methoxy groups -OCH3 is 1. The molecule has 0 bridgehead atoms. The van der Waals surface area contributed by atoms with E-state index in [-0.39, 0.29) is 41.8 Å². The van der Waals surface area contributed by atoms with E-state index in [2.05, 4.69) is 63.2 Å². The number of benzene rings is 4. The Hall–Kier alpha value is -4.18. The summed E-state index contributed by atoms with van der Waals surface area (Å²) >= 11 is 3.40. The van der Waals surface area contributed by atoms with E-state index >= 15 is 0 Å². The van der Waals surface area contributed by atoms with Gasteiger partial charge in [-0.15, -0.1) is 12.4 Å². The van der Waals surface area contributed by atoms with Crippen molar-refractivity contribution in [1.82, 2.24) is 9.91 Å². The fourth-order valence-electron chi connectivity index (χ4n) is 6.11. The highest BCUT2D eigenvalue weighted by Crippen LogP contribution is 2.44. The minimum Gasteiger partial charge on any atom is -0.496 e. The second-order valence-corrected chi connectivity index (χ2v) is 12.3. The molecule has 0 unspecified atom stereocenters. The van der Waals surface area contributed by atoms with Crippen molar-refractivity contribution in [2.45, 2.75) is 39.5 Å². The smallest absolute Gasteiger partial charge is 0.339 e. The SMILES string of the molecule is COc1cc(CC(=O)NNc2c(C)cccc2[N+]2(c3ccc(-c4ccc(C(C)=O)cc4)cc3)CCCCC2)c(Br)cc1C(=O)O.Cl. The first kappa shape index (κ1) is 34.7. The predicted octanol–water partition coefficient (Wildman–Crippen LogP) is 8.26. The summed E-state index contributed by atoms with van der Waals surface area (Å²) in [5, 5.41) is 9.46. The third-order valence-corrected chi connectivity index (χ3v) is 9.29. The Balaban J connectivity index is 0.00000480. The van der Waals surface area contributed by atoms with Crippen molar-refractivity contribution < 1.29 is 24.2 Å². The lowest BCUT2D eigenvalue weighted by Gasteiger charge is -2.42. The summed E-state index contributed by atoms with van der Waals surface area (Å²) in [6, 6.07) is 25.6. The molecule has 1 amide bonds. The number of aromatic carboxylic acids is 1. The first-order valence-corrected chi connectivity index (χ1v) is 15.8. The molecule has 1 aliphatic rings. The van der Waals surface area contributed by atoms with Crippen molar-refractivity contribution >= 4 is 63.1 Å². The molecular formula is C36H38BrClN3O5+. The zero-order valence-electron chi connectivity index (χ0n) is 26.1. The first-order chi connectivity index (χ1) is 21.6. The number of halogens is 2. The number of nitrogens with zero attached hydrogens (tertiary/aromatic N) is 1. The number of hydrazine groups is 1. The average Bonchev–Trinajstić information content (AvgIpc) is 3.05. The number of carbonyl (C=O) groups is 3. The van der Waals surface area contributed by atoms with Gasteiger partial charge in [0, 0.05) is 28.2 Å². The number of carbonyl (C=O) groups excluding carboxylic acids is 2. The normalized spacial score (nSPS) is 13.7. The number of rotatable bonds is 10. The van der Waals surface area contributed by atoms with Crippen LogP contribution in [0.3, 0.4) is 0 Å². The molecule has 0 aromatic heterocycles. The van der Waals surface area contributed by atoms with Gasteiger partial charge >= 0.3 is 5.97 Å². The lowest BCUT2D eigenvalue weighted by molar-refractivity contribution is -0.119. The number of nitrogens with one attached hydrogen (secondary N) is 2. The van der Waals surface area contributed by atoms with Crippen molar-refractivity contribution in [2.75, 3.05) is 25.6 Å². The summed E-state index contributed by atoms with van der Waals surface area (Å²) in [5.41, 5.74) is 13.7. The number of ketones is 1. The number of aryl methyl sites for hydroxylation is 1. The number of ether oxygens (including phenoxy) is 1. The van der Waals surface area contributed by atoms with Gasteiger partial charge in [-0.3, -0.25) is 24.9 Å². The maximum atomic E-state index is 13.2. The highest BCUT2D eigenvalue weighted by Gasteiger charge is 2.38. The molecular weight excluding hydrogens is 670 g/mol. The van der Waals surface area contributed by atoms with Crippen molar-refractivity contribution in [2.24, 2.45) is 0 Å². The highest BCUT2D eigenvalue weighted by atomic mass is 79.9. The Morgan fingerprint density at radius 2 is 1.54 bits per heavy atom. The molecule has 240 valence electrons. The van der Waals surface area contributed by atoms with Crippen molar-refractivity contribution in [3.63, 3.8) is 0 Å². The van der Waals surface area contributed by atoms with Crippen molar-refractivity contribution in [3.8, 4) is 16.9 Å². The van der Waals surface area contributed by atoms with Crippen LogP contribution in [0.4, 0.5) is 17.1 Å². The molecule has 3 N–H and O–H groups in total. The molecule has 1 fully saturated rings. The zero-order chi connectivity index (χ0) is 32.1. The third kappa shape index (κ3) is 7.28. The van der Waals surface area contributed by atoms with Crippen LogP contribution >= 0.6 is 28.3 Å². The monoisotopic (exact) mass is 706 g/mol. The van der Waals surface area contributed by atoms with Crippen LogP contribution in [-0.4, -0.2) is 43.0 Å². The number of amides is 1. The number of hydrogen-bond acceptors (Lipinski definition) is 5. The average molecular weight is 708 g/mol. The maximum Gasteiger partial charge on any atom is 0.339 e. The minimum atomic E-state index is -1.11. The van der Waals surface area contributed by atoms with Gasteiger partial charge in [0.05, 0.1) is 26.6 Å². The summed E-state index contributed by atoms with van der Waals surface area (Å²) in [6.07, 6.45) is 3.34. The summed E-state index contributed by atoms with van der Waals surface area (Å²) in [6.45, 7) is 5.46. The second kappa shape index (κ2) is 14.9. The molecule has 0 radical (unpaired) electrons. The van der Waals surface area contributed by atoms with Gasteiger partial charge in [-0.2, -0.15) is 0 Å². The fourth-order valence-corrected chi connectivity index (χ4v) is 6.60. The van der Waals surface area contributed by atoms with E-state index in [1.165, 1.54) is 25.3 Å². The van der Waals surface area contributed by atoms with E-state index in [0.717, 1.165) is 54.0 Å². The van der Waals surface area contributed by atoms with Crippen molar-refractivity contribution in [1.29, 1.82) is 0 Å². The zero-order valence-corrected chi connectivity index (χ0v) is 28.5. The van der Waals surface area contributed by atoms with Gasteiger partial charge in [-0.1, -0.05) is 52.3 Å². The summed E-state index contributed by atoms with van der Waals surface area (Å²) < 4.78 is 6.42. The van der Waals surface area contributed by atoms with Gasteiger partial charge in [-0.25, -0.2) is 4.79 Å². The minimum absolute atomic E-state index is 0. The van der Waals surface area contributed by atoms with Gasteiger partial charge in [0.25, 0.3) is 0 Å². The number of para-hydroxylation sites is 1. The summed E-state index contributed by atoms with van der Waals surface area (Å²) in [7, 11) is 1.40. The number of anilines is 1. The second-order valence-electron chi connectivity index (χ2n) is 11.4. The molecule has 46 heavy (non-hydrogen) atoms. The lowest BCUT2D eigenvalue weighted by atomic mass is 9.99. The van der Waals surface area contributed by atoms with E-state index < -0.39 is 5.97 Å². The van der Waals surface area contributed by atoms with E-state index in [4.69, 9.17) is 4.74 Å². The molecule has 10 heteroatoms. The molecule has 0 saturated carbocycles. The Bertz CT molecular complexity index is 1740. The molecule has 8 nitrogen and oxygen atoms in total. The Kier molecular flexibility index (Phi) is 11.3. The van der Waals surface area contributed by atoms with Crippen LogP contribution in [-0.2, 0) is 11.2 Å². The molecule has 0 spiro atoms. The Morgan fingerprint density at radius 3 is 2.13 bits per heavy atom. The number of carboxylic acids is 1.